The van der Waals surface area contributed by atoms with E-state index in [-0.39, 0.29) is 11.0 Å². The predicted molar refractivity (Wildman–Crippen MR) is 62.5 cm³/mol. The molecule has 2 heterocycles. The van der Waals surface area contributed by atoms with E-state index in [1.54, 1.807) is 11.8 Å². The van der Waals surface area contributed by atoms with Crippen molar-refractivity contribution in [1.29, 1.82) is 0 Å². The highest BCUT2D eigenvalue weighted by molar-refractivity contribution is 8.00. The minimum atomic E-state index is 0.134. The van der Waals surface area contributed by atoms with E-state index in [0.29, 0.717) is 5.76 Å². The number of furan rings is 1. The van der Waals surface area contributed by atoms with Gasteiger partial charge in [-0.05, 0) is 30.7 Å². The summed E-state index contributed by atoms with van der Waals surface area (Å²) in [6.07, 6.45) is 4.27. The van der Waals surface area contributed by atoms with E-state index >= 15 is 0 Å². The van der Waals surface area contributed by atoms with Gasteiger partial charge in [0.1, 0.15) is 5.76 Å². The average molecular weight is 224 g/mol. The molecule has 0 N–H and O–H groups in total. The Bertz CT molecular complexity index is 337. The van der Waals surface area contributed by atoms with Crippen LogP contribution in [0.25, 0.3) is 0 Å². The van der Waals surface area contributed by atoms with Crippen LogP contribution in [-0.4, -0.2) is 16.8 Å². The highest BCUT2D eigenvalue weighted by Gasteiger charge is 2.25. The molecule has 3 heteroatoms. The van der Waals surface area contributed by atoms with Gasteiger partial charge in [0.15, 0.2) is 5.76 Å². The zero-order chi connectivity index (χ0) is 10.7. The lowest BCUT2D eigenvalue weighted by molar-refractivity contribution is 0.0956. The third-order valence-electron chi connectivity index (χ3n) is 2.73. The molecule has 1 aliphatic heterocycles. The van der Waals surface area contributed by atoms with Gasteiger partial charge < -0.3 is 4.42 Å². The molecule has 0 saturated carbocycles. The Balaban J connectivity index is 2.05. The second-order valence-electron chi connectivity index (χ2n) is 3.84. The van der Waals surface area contributed by atoms with Crippen molar-refractivity contribution in [3.63, 3.8) is 0 Å². The molecule has 1 fully saturated rings. The van der Waals surface area contributed by atoms with Crippen molar-refractivity contribution in [3.8, 4) is 0 Å². The molecule has 1 atom stereocenters. The molecule has 0 aliphatic carbocycles. The second kappa shape index (κ2) is 4.88. The van der Waals surface area contributed by atoms with Crippen molar-refractivity contribution >= 4 is 17.5 Å². The Kier molecular flexibility index (Phi) is 3.52. The fourth-order valence-electron chi connectivity index (χ4n) is 1.81. The molecule has 82 valence electrons. The van der Waals surface area contributed by atoms with Gasteiger partial charge in [0.25, 0.3) is 0 Å². The van der Waals surface area contributed by atoms with Crippen LogP contribution in [0.3, 0.4) is 0 Å². The average Bonchev–Trinajstić information content (AvgIpc) is 2.78. The van der Waals surface area contributed by atoms with Crippen molar-refractivity contribution in [1.82, 2.24) is 0 Å². The van der Waals surface area contributed by atoms with Crippen molar-refractivity contribution in [3.05, 3.63) is 23.7 Å². The first-order valence-corrected chi connectivity index (χ1v) is 6.60. The Labute approximate surface area is 94.4 Å². The Morgan fingerprint density at radius 1 is 1.53 bits per heavy atom. The molecule has 1 aliphatic rings. The first-order chi connectivity index (χ1) is 7.31. The summed E-state index contributed by atoms with van der Waals surface area (Å²) in [5.41, 5.74) is 0. The van der Waals surface area contributed by atoms with Gasteiger partial charge in [-0.25, -0.2) is 0 Å². The molecule has 0 aromatic carbocycles. The summed E-state index contributed by atoms with van der Waals surface area (Å²) in [4.78, 5) is 12.0. The topological polar surface area (TPSA) is 30.2 Å². The largest absolute Gasteiger partial charge is 0.458 e. The second-order valence-corrected chi connectivity index (χ2v) is 5.15. The molecular formula is C12H16O2S. The van der Waals surface area contributed by atoms with E-state index in [4.69, 9.17) is 4.42 Å². The van der Waals surface area contributed by atoms with Gasteiger partial charge in [0.2, 0.25) is 5.78 Å². The SMILES string of the molecule is CCc1ccc(C(=O)C2CCCCS2)o1. The highest BCUT2D eigenvalue weighted by Crippen LogP contribution is 2.28. The lowest BCUT2D eigenvalue weighted by Gasteiger charge is -2.18. The lowest BCUT2D eigenvalue weighted by Crippen LogP contribution is -2.20. The predicted octanol–water partition coefficient (Wildman–Crippen LogP) is 3.31. The molecule has 1 aromatic heterocycles. The minimum Gasteiger partial charge on any atom is -0.458 e. The molecular weight excluding hydrogens is 208 g/mol. The Hall–Kier alpha value is -0.700. The molecule has 1 unspecified atom stereocenters. The minimum absolute atomic E-state index is 0.134. The van der Waals surface area contributed by atoms with Crippen LogP contribution in [-0.2, 0) is 6.42 Å². The maximum atomic E-state index is 12.0. The maximum absolute atomic E-state index is 12.0. The third kappa shape index (κ3) is 2.46. The molecule has 1 aromatic rings. The van der Waals surface area contributed by atoms with Crippen molar-refractivity contribution in [2.75, 3.05) is 5.75 Å². The van der Waals surface area contributed by atoms with Crippen LogP contribution in [0.2, 0.25) is 0 Å². The number of thioether (sulfide) groups is 1. The quantitative estimate of drug-likeness (QED) is 0.738. The first-order valence-electron chi connectivity index (χ1n) is 5.56. The molecule has 0 spiro atoms. The number of aryl methyl sites for hydroxylation is 1. The molecule has 0 radical (unpaired) electrons. The summed E-state index contributed by atoms with van der Waals surface area (Å²) in [6, 6.07) is 3.72. The normalized spacial score (nSPS) is 21.5. The van der Waals surface area contributed by atoms with Gasteiger partial charge in [-0.15, -0.1) is 0 Å². The van der Waals surface area contributed by atoms with Crippen LogP contribution in [0, 0.1) is 0 Å². The van der Waals surface area contributed by atoms with Crippen LogP contribution < -0.4 is 0 Å². The van der Waals surface area contributed by atoms with Crippen LogP contribution in [0.1, 0.15) is 42.5 Å². The van der Waals surface area contributed by atoms with E-state index in [1.165, 1.54) is 12.8 Å². The monoisotopic (exact) mass is 224 g/mol. The maximum Gasteiger partial charge on any atom is 0.210 e. The number of rotatable bonds is 3. The summed E-state index contributed by atoms with van der Waals surface area (Å²) in [7, 11) is 0. The third-order valence-corrected chi connectivity index (χ3v) is 4.10. The van der Waals surface area contributed by atoms with Crippen LogP contribution in [0.15, 0.2) is 16.5 Å². The zero-order valence-electron chi connectivity index (χ0n) is 8.99. The number of hydrogen-bond donors (Lipinski definition) is 0. The van der Waals surface area contributed by atoms with Gasteiger partial charge in [-0.1, -0.05) is 13.3 Å². The van der Waals surface area contributed by atoms with Gasteiger partial charge >= 0.3 is 0 Å². The van der Waals surface area contributed by atoms with Crippen molar-refractivity contribution < 1.29 is 9.21 Å². The molecule has 1 saturated heterocycles. The number of hydrogen-bond acceptors (Lipinski definition) is 3. The first kappa shape index (κ1) is 10.8. The molecule has 0 bridgehead atoms. The van der Waals surface area contributed by atoms with E-state index in [0.717, 1.165) is 24.4 Å². The zero-order valence-corrected chi connectivity index (χ0v) is 9.81. The highest BCUT2D eigenvalue weighted by atomic mass is 32.2. The van der Waals surface area contributed by atoms with E-state index in [1.807, 2.05) is 19.1 Å². The van der Waals surface area contributed by atoms with Crippen LogP contribution in [0.4, 0.5) is 0 Å². The van der Waals surface area contributed by atoms with Crippen LogP contribution >= 0.6 is 11.8 Å². The molecule has 15 heavy (non-hydrogen) atoms. The Morgan fingerprint density at radius 3 is 3.00 bits per heavy atom. The lowest BCUT2D eigenvalue weighted by atomic mass is 10.1. The fraction of sp³-hybridized carbons (Fsp3) is 0.583. The summed E-state index contributed by atoms with van der Waals surface area (Å²) in [5, 5.41) is 0.134. The van der Waals surface area contributed by atoms with E-state index in [9.17, 15) is 4.79 Å². The van der Waals surface area contributed by atoms with Gasteiger partial charge in [-0.2, -0.15) is 11.8 Å². The fourth-order valence-corrected chi connectivity index (χ4v) is 3.06. The summed E-state index contributed by atoms with van der Waals surface area (Å²) in [5.74, 6) is 2.74. The summed E-state index contributed by atoms with van der Waals surface area (Å²) >= 11 is 1.77. The molecule has 2 rings (SSSR count). The van der Waals surface area contributed by atoms with Gasteiger partial charge in [0.05, 0.1) is 5.25 Å². The standard InChI is InChI=1S/C12H16O2S/c1-2-9-6-7-10(14-9)12(13)11-5-3-4-8-15-11/h6-7,11H,2-5,8H2,1H3. The molecule has 2 nitrogen and oxygen atoms in total. The van der Waals surface area contributed by atoms with Crippen LogP contribution in [0.5, 0.6) is 0 Å². The van der Waals surface area contributed by atoms with Crippen molar-refractivity contribution in [2.24, 2.45) is 0 Å². The van der Waals surface area contributed by atoms with Gasteiger partial charge in [-0.3, -0.25) is 4.79 Å². The number of carbonyl (C=O) groups is 1. The molecule has 0 amide bonds. The number of carbonyl (C=O) groups excluding carboxylic acids is 1. The smallest absolute Gasteiger partial charge is 0.210 e. The summed E-state index contributed by atoms with van der Waals surface area (Å²) < 4.78 is 5.48. The number of Topliss-reactive ketones (excluding diaryl/α,β-unsaturated/α-hetero) is 1. The van der Waals surface area contributed by atoms with E-state index in [2.05, 4.69) is 0 Å². The van der Waals surface area contributed by atoms with Gasteiger partial charge in [0, 0.05) is 6.42 Å². The van der Waals surface area contributed by atoms with Crippen molar-refractivity contribution in [2.45, 2.75) is 37.9 Å². The van der Waals surface area contributed by atoms with E-state index < -0.39 is 0 Å². The Morgan fingerprint density at radius 2 is 2.40 bits per heavy atom. The summed E-state index contributed by atoms with van der Waals surface area (Å²) in [6.45, 7) is 2.03. The number of ketones is 1.